The molecule has 11 heavy (non-hydrogen) atoms. The highest BCUT2D eigenvalue weighted by molar-refractivity contribution is 7.78. The van der Waals surface area contributed by atoms with Gasteiger partial charge in [-0.25, -0.2) is 0 Å². The van der Waals surface area contributed by atoms with Crippen molar-refractivity contribution in [2.45, 2.75) is 52.5 Å². The molecule has 1 N–H and O–H groups in total. The van der Waals surface area contributed by atoms with Crippen molar-refractivity contribution in [1.82, 2.24) is 4.72 Å². The van der Waals surface area contributed by atoms with Gasteiger partial charge in [-0.3, -0.25) is 4.72 Å². The molecule has 0 saturated carbocycles. The van der Waals surface area contributed by atoms with E-state index < -0.39 is 0 Å². The van der Waals surface area contributed by atoms with Gasteiger partial charge in [-0.15, -0.1) is 0 Å². The highest BCUT2D eigenvalue weighted by Gasteiger charge is 2.07. The number of rotatable bonds is 6. The molecule has 0 aromatic heterocycles. The lowest BCUT2D eigenvalue weighted by molar-refractivity contribution is 0.443. The molecule has 0 rings (SSSR count). The number of hydrogen-bond donors (Lipinski definition) is 2. The average molecular weight is 175 g/mol. The Kier molecular flexibility index (Phi) is 7.18. The lowest BCUT2D eigenvalue weighted by atomic mass is 10.0. The van der Waals surface area contributed by atoms with E-state index in [0.717, 1.165) is 5.92 Å². The van der Waals surface area contributed by atoms with Crippen LogP contribution in [0.1, 0.15) is 46.5 Å². The first-order valence-electron chi connectivity index (χ1n) is 4.60. The van der Waals surface area contributed by atoms with Crippen LogP contribution >= 0.6 is 12.8 Å². The molecule has 0 heterocycles. The molecule has 0 aromatic carbocycles. The summed E-state index contributed by atoms with van der Waals surface area (Å²) in [5.74, 6) is 0.775. The molecule has 0 saturated heterocycles. The normalized spacial score (nSPS) is 13.9. The molecule has 0 aliphatic rings. The summed E-state index contributed by atoms with van der Waals surface area (Å²) in [6.45, 7) is 6.74. The summed E-state index contributed by atoms with van der Waals surface area (Å²) in [6, 6.07) is 0.610. The lowest BCUT2D eigenvalue weighted by Crippen LogP contribution is -2.22. The maximum atomic E-state index is 4.11. The van der Waals surface area contributed by atoms with Crippen molar-refractivity contribution in [1.29, 1.82) is 0 Å². The molecule has 2 heteroatoms. The van der Waals surface area contributed by atoms with Gasteiger partial charge in [0.2, 0.25) is 0 Å². The predicted molar refractivity (Wildman–Crippen MR) is 54.9 cm³/mol. The van der Waals surface area contributed by atoms with Gasteiger partial charge in [-0.1, -0.05) is 46.4 Å². The standard InChI is InChI=1S/C9H21NS/c1-4-5-6-9(10-11)7-8(2)3/h8-11H,4-7H2,1-3H3. The van der Waals surface area contributed by atoms with E-state index in [1.165, 1.54) is 25.7 Å². The van der Waals surface area contributed by atoms with Crippen LogP contribution in [0.25, 0.3) is 0 Å². The lowest BCUT2D eigenvalue weighted by Gasteiger charge is -2.16. The molecule has 0 bridgehead atoms. The Bertz CT molecular complexity index is 83.6. The van der Waals surface area contributed by atoms with Crippen LogP contribution in [0.4, 0.5) is 0 Å². The second-order valence-electron chi connectivity index (χ2n) is 3.60. The first-order valence-corrected chi connectivity index (χ1v) is 5.05. The SMILES string of the molecule is CCCCC(CC(C)C)NS. The van der Waals surface area contributed by atoms with Gasteiger partial charge in [0.1, 0.15) is 0 Å². The summed E-state index contributed by atoms with van der Waals surface area (Å²) in [5, 5.41) is 0. The molecular formula is C9H21NS. The summed E-state index contributed by atoms with van der Waals surface area (Å²) in [7, 11) is 0. The van der Waals surface area contributed by atoms with Crippen LogP contribution in [0.15, 0.2) is 0 Å². The Morgan fingerprint density at radius 1 is 1.36 bits per heavy atom. The molecule has 0 aromatic rings. The van der Waals surface area contributed by atoms with Gasteiger partial charge in [0.15, 0.2) is 0 Å². The summed E-state index contributed by atoms with van der Waals surface area (Å²) in [5.41, 5.74) is 0. The average Bonchev–Trinajstić information content (AvgIpc) is 1.97. The van der Waals surface area contributed by atoms with E-state index in [-0.39, 0.29) is 0 Å². The monoisotopic (exact) mass is 175 g/mol. The second-order valence-corrected chi connectivity index (χ2v) is 3.86. The third-order valence-corrected chi connectivity index (χ3v) is 2.21. The third-order valence-electron chi connectivity index (χ3n) is 1.84. The van der Waals surface area contributed by atoms with Crippen LogP contribution in [-0.4, -0.2) is 6.04 Å². The van der Waals surface area contributed by atoms with Crippen LogP contribution < -0.4 is 4.72 Å². The fourth-order valence-corrected chi connectivity index (χ4v) is 1.49. The van der Waals surface area contributed by atoms with E-state index in [1.807, 2.05) is 0 Å². The molecule has 1 unspecified atom stereocenters. The zero-order chi connectivity index (χ0) is 8.69. The Hall–Kier alpha value is 0.310. The van der Waals surface area contributed by atoms with Gasteiger partial charge in [0, 0.05) is 6.04 Å². The van der Waals surface area contributed by atoms with Gasteiger partial charge < -0.3 is 0 Å². The largest absolute Gasteiger partial charge is 0.264 e. The summed E-state index contributed by atoms with van der Waals surface area (Å²) >= 11 is 4.11. The predicted octanol–water partition coefficient (Wildman–Crippen LogP) is 3.03. The topological polar surface area (TPSA) is 12.0 Å². The number of thiol groups is 1. The summed E-state index contributed by atoms with van der Waals surface area (Å²) in [6.07, 6.45) is 5.09. The highest BCUT2D eigenvalue weighted by Crippen LogP contribution is 2.11. The van der Waals surface area contributed by atoms with Crippen molar-refractivity contribution in [2.24, 2.45) is 5.92 Å². The number of hydrogen-bond acceptors (Lipinski definition) is 2. The Morgan fingerprint density at radius 2 is 2.00 bits per heavy atom. The minimum atomic E-state index is 0.610. The Labute approximate surface area is 76.5 Å². The van der Waals surface area contributed by atoms with E-state index in [9.17, 15) is 0 Å². The van der Waals surface area contributed by atoms with E-state index >= 15 is 0 Å². The van der Waals surface area contributed by atoms with Crippen LogP contribution in [-0.2, 0) is 0 Å². The van der Waals surface area contributed by atoms with Crippen molar-refractivity contribution in [3.8, 4) is 0 Å². The molecule has 0 spiro atoms. The molecule has 0 fully saturated rings. The van der Waals surface area contributed by atoms with Crippen LogP contribution in [0.2, 0.25) is 0 Å². The zero-order valence-electron chi connectivity index (χ0n) is 7.93. The summed E-state index contributed by atoms with van der Waals surface area (Å²) < 4.78 is 3.06. The minimum absolute atomic E-state index is 0.610. The number of nitrogens with one attached hydrogen (secondary N) is 1. The van der Waals surface area contributed by atoms with Crippen molar-refractivity contribution < 1.29 is 0 Å². The minimum Gasteiger partial charge on any atom is -0.264 e. The first-order chi connectivity index (χ1) is 5.20. The molecule has 0 radical (unpaired) electrons. The van der Waals surface area contributed by atoms with Gasteiger partial charge in [0.05, 0.1) is 0 Å². The van der Waals surface area contributed by atoms with E-state index in [2.05, 4.69) is 38.3 Å². The first kappa shape index (κ1) is 11.3. The van der Waals surface area contributed by atoms with Gasteiger partial charge in [-0.2, -0.15) is 0 Å². The maximum Gasteiger partial charge on any atom is 0.0172 e. The molecular weight excluding hydrogens is 154 g/mol. The third kappa shape index (κ3) is 6.70. The molecule has 0 aliphatic heterocycles. The zero-order valence-corrected chi connectivity index (χ0v) is 8.82. The van der Waals surface area contributed by atoms with Crippen molar-refractivity contribution in [2.75, 3.05) is 0 Å². The smallest absolute Gasteiger partial charge is 0.0172 e. The van der Waals surface area contributed by atoms with Crippen LogP contribution in [0, 0.1) is 5.92 Å². The van der Waals surface area contributed by atoms with Crippen LogP contribution in [0.3, 0.4) is 0 Å². The fourth-order valence-electron chi connectivity index (χ4n) is 1.25. The highest BCUT2D eigenvalue weighted by atomic mass is 32.1. The van der Waals surface area contributed by atoms with Gasteiger partial charge in [0.25, 0.3) is 0 Å². The second kappa shape index (κ2) is 6.99. The number of unbranched alkanes of at least 4 members (excludes halogenated alkanes) is 1. The van der Waals surface area contributed by atoms with E-state index in [0.29, 0.717) is 6.04 Å². The fraction of sp³-hybridized carbons (Fsp3) is 1.00. The van der Waals surface area contributed by atoms with Crippen molar-refractivity contribution >= 4 is 12.8 Å². The molecule has 0 amide bonds. The van der Waals surface area contributed by atoms with Crippen LogP contribution in [0.5, 0.6) is 0 Å². The molecule has 1 atom stereocenters. The van der Waals surface area contributed by atoms with Gasteiger partial charge in [-0.05, 0) is 18.8 Å². The molecule has 68 valence electrons. The van der Waals surface area contributed by atoms with E-state index in [4.69, 9.17) is 0 Å². The molecule has 0 aliphatic carbocycles. The van der Waals surface area contributed by atoms with Crippen molar-refractivity contribution in [3.63, 3.8) is 0 Å². The Morgan fingerprint density at radius 3 is 2.36 bits per heavy atom. The summed E-state index contributed by atoms with van der Waals surface area (Å²) in [4.78, 5) is 0. The Balaban J connectivity index is 3.41. The molecule has 1 nitrogen and oxygen atoms in total. The van der Waals surface area contributed by atoms with E-state index in [1.54, 1.807) is 0 Å². The van der Waals surface area contributed by atoms with Gasteiger partial charge >= 0.3 is 0 Å². The quantitative estimate of drug-likeness (QED) is 0.591. The maximum absolute atomic E-state index is 4.11. The van der Waals surface area contributed by atoms with Crippen molar-refractivity contribution in [3.05, 3.63) is 0 Å².